The zero-order valence-electron chi connectivity index (χ0n) is 14.4. The molecule has 7 heteroatoms. The minimum absolute atomic E-state index is 0.155. The number of amides is 1. The van der Waals surface area contributed by atoms with Gasteiger partial charge in [0.25, 0.3) is 0 Å². The number of halogens is 3. The maximum atomic E-state index is 13.0. The molecular formula is C20H18F3NO3. The Kier molecular flexibility index (Phi) is 4.45. The fraction of sp³-hybridized carbons (Fsp3) is 0.350. The van der Waals surface area contributed by atoms with Crippen LogP contribution < -0.4 is 4.74 Å². The minimum atomic E-state index is -4.43. The summed E-state index contributed by atoms with van der Waals surface area (Å²) in [6.07, 6.45) is -3.97. The number of carbonyl (C=O) groups is 1. The molecule has 1 saturated heterocycles. The van der Waals surface area contributed by atoms with E-state index in [0.717, 1.165) is 17.7 Å². The van der Waals surface area contributed by atoms with Crippen LogP contribution in [0.4, 0.5) is 18.0 Å². The van der Waals surface area contributed by atoms with Crippen molar-refractivity contribution in [2.45, 2.75) is 37.8 Å². The number of rotatable bonds is 2. The van der Waals surface area contributed by atoms with Crippen molar-refractivity contribution in [3.05, 3.63) is 65.2 Å². The molecule has 4 rings (SSSR count). The predicted molar refractivity (Wildman–Crippen MR) is 91.2 cm³/mol. The third-order valence-electron chi connectivity index (χ3n) is 4.99. The van der Waals surface area contributed by atoms with Crippen LogP contribution in [0.15, 0.2) is 48.5 Å². The summed E-state index contributed by atoms with van der Waals surface area (Å²) in [4.78, 5) is 14.2. The molecular weight excluding hydrogens is 359 g/mol. The lowest BCUT2D eigenvalue weighted by Crippen LogP contribution is -2.46. The summed E-state index contributed by atoms with van der Waals surface area (Å²) in [5.41, 5.74) is 0.720. The monoisotopic (exact) mass is 377 g/mol. The Bertz CT molecular complexity index is 838. The molecule has 27 heavy (non-hydrogen) atoms. The van der Waals surface area contributed by atoms with Gasteiger partial charge in [-0.2, -0.15) is 13.2 Å². The first-order valence-corrected chi connectivity index (χ1v) is 8.77. The van der Waals surface area contributed by atoms with Crippen LogP contribution in [0.25, 0.3) is 0 Å². The molecule has 0 aromatic heterocycles. The van der Waals surface area contributed by atoms with Crippen LogP contribution in [-0.2, 0) is 17.5 Å². The molecule has 2 heterocycles. The third-order valence-corrected chi connectivity index (χ3v) is 4.99. The zero-order chi connectivity index (χ0) is 19.0. The summed E-state index contributed by atoms with van der Waals surface area (Å²) in [5.74, 6) is 0.201. The number of fused-ring (bicyclic) bond motifs is 4. The minimum Gasteiger partial charge on any atom is -0.490 e. The van der Waals surface area contributed by atoms with Crippen LogP contribution in [0.5, 0.6) is 5.75 Å². The van der Waals surface area contributed by atoms with Gasteiger partial charge in [-0.1, -0.05) is 36.4 Å². The van der Waals surface area contributed by atoms with Crippen molar-refractivity contribution in [3.63, 3.8) is 0 Å². The Morgan fingerprint density at radius 1 is 1.19 bits per heavy atom. The van der Waals surface area contributed by atoms with Crippen LogP contribution in [0, 0.1) is 0 Å². The van der Waals surface area contributed by atoms with Crippen molar-refractivity contribution in [1.29, 1.82) is 0 Å². The second-order valence-electron chi connectivity index (χ2n) is 6.76. The molecule has 0 aliphatic carbocycles. The molecule has 2 aromatic rings. The number of ether oxygens (including phenoxy) is 2. The molecule has 1 fully saturated rings. The van der Waals surface area contributed by atoms with Gasteiger partial charge in [0.15, 0.2) is 0 Å². The van der Waals surface area contributed by atoms with Gasteiger partial charge in [-0.05, 0) is 17.7 Å². The standard InChI is InChI=1S/C20H18F3NO3/c21-20(22,23)14-6-7-16-17-11-15(27-18(16)10-14)8-9-24(17)19(25)26-12-13-4-2-1-3-5-13/h1-7,10,15,17H,8-9,11-12H2/t15-,17+/m0/s1. The Labute approximate surface area is 154 Å². The van der Waals surface area contributed by atoms with Crippen LogP contribution in [-0.4, -0.2) is 23.6 Å². The topological polar surface area (TPSA) is 38.8 Å². The smallest absolute Gasteiger partial charge is 0.416 e. The molecule has 2 aliphatic rings. The third kappa shape index (κ3) is 3.59. The zero-order valence-corrected chi connectivity index (χ0v) is 14.4. The first kappa shape index (κ1) is 17.7. The second kappa shape index (κ2) is 6.79. The molecule has 2 aromatic carbocycles. The first-order valence-electron chi connectivity index (χ1n) is 8.77. The number of nitrogens with zero attached hydrogens (tertiary/aromatic N) is 1. The van der Waals surface area contributed by atoms with Gasteiger partial charge in [0.1, 0.15) is 18.5 Å². The van der Waals surface area contributed by atoms with Gasteiger partial charge in [0, 0.05) is 24.9 Å². The fourth-order valence-electron chi connectivity index (χ4n) is 3.62. The van der Waals surface area contributed by atoms with Gasteiger partial charge < -0.3 is 14.4 Å². The summed E-state index contributed by atoms with van der Waals surface area (Å²) in [7, 11) is 0. The Morgan fingerprint density at radius 3 is 2.70 bits per heavy atom. The first-order chi connectivity index (χ1) is 12.9. The van der Waals surface area contributed by atoms with E-state index in [1.165, 1.54) is 6.07 Å². The van der Waals surface area contributed by atoms with Crippen molar-refractivity contribution in [1.82, 2.24) is 4.90 Å². The highest BCUT2D eigenvalue weighted by atomic mass is 19.4. The summed E-state index contributed by atoms with van der Waals surface area (Å²) in [6.45, 7) is 0.603. The lowest BCUT2D eigenvalue weighted by molar-refractivity contribution is -0.137. The predicted octanol–water partition coefficient (Wildman–Crippen LogP) is 4.94. The molecule has 2 atom stereocenters. The van der Waals surface area contributed by atoms with Crippen molar-refractivity contribution in [3.8, 4) is 5.75 Å². The molecule has 0 saturated carbocycles. The molecule has 0 radical (unpaired) electrons. The highest BCUT2D eigenvalue weighted by Crippen LogP contribution is 2.44. The summed E-state index contributed by atoms with van der Waals surface area (Å²) in [6, 6.07) is 12.5. The van der Waals surface area contributed by atoms with E-state index in [1.54, 1.807) is 4.90 Å². The van der Waals surface area contributed by atoms with E-state index in [0.29, 0.717) is 24.9 Å². The highest BCUT2D eigenvalue weighted by molar-refractivity contribution is 5.69. The van der Waals surface area contributed by atoms with Gasteiger partial charge in [0.2, 0.25) is 0 Å². The van der Waals surface area contributed by atoms with Crippen LogP contribution >= 0.6 is 0 Å². The van der Waals surface area contributed by atoms with Gasteiger partial charge in [-0.15, -0.1) is 0 Å². The van der Waals surface area contributed by atoms with E-state index in [2.05, 4.69) is 0 Å². The van der Waals surface area contributed by atoms with Crippen molar-refractivity contribution in [2.24, 2.45) is 0 Å². The van der Waals surface area contributed by atoms with Crippen LogP contribution in [0.2, 0.25) is 0 Å². The average Bonchev–Trinajstić information content (AvgIpc) is 2.66. The van der Waals surface area contributed by atoms with Crippen molar-refractivity contribution < 1.29 is 27.4 Å². The molecule has 0 N–H and O–H groups in total. The average molecular weight is 377 g/mol. The second-order valence-corrected chi connectivity index (χ2v) is 6.76. The number of hydrogen-bond acceptors (Lipinski definition) is 3. The van der Waals surface area contributed by atoms with Gasteiger partial charge in [-0.3, -0.25) is 0 Å². The fourth-order valence-corrected chi connectivity index (χ4v) is 3.62. The number of likely N-dealkylation sites (tertiary alicyclic amines) is 1. The van der Waals surface area contributed by atoms with E-state index in [9.17, 15) is 18.0 Å². The maximum absolute atomic E-state index is 13.0. The van der Waals surface area contributed by atoms with E-state index >= 15 is 0 Å². The number of alkyl halides is 3. The molecule has 2 bridgehead atoms. The van der Waals surface area contributed by atoms with Gasteiger partial charge >= 0.3 is 12.3 Å². The van der Waals surface area contributed by atoms with Gasteiger partial charge in [0.05, 0.1) is 11.6 Å². The van der Waals surface area contributed by atoms with Crippen LogP contribution in [0.3, 0.4) is 0 Å². The quantitative estimate of drug-likeness (QED) is 0.744. The number of hydrogen-bond donors (Lipinski definition) is 0. The lowest BCUT2D eigenvalue weighted by Gasteiger charge is -2.43. The van der Waals surface area contributed by atoms with E-state index in [-0.39, 0.29) is 24.5 Å². The summed E-state index contributed by atoms with van der Waals surface area (Å²) >= 11 is 0. The Morgan fingerprint density at radius 2 is 1.96 bits per heavy atom. The summed E-state index contributed by atoms with van der Waals surface area (Å²) < 4.78 is 50.1. The number of benzene rings is 2. The Balaban J connectivity index is 1.54. The normalized spacial score (nSPS) is 21.2. The van der Waals surface area contributed by atoms with Crippen LogP contribution in [0.1, 0.15) is 35.6 Å². The molecule has 0 unspecified atom stereocenters. The Hall–Kier alpha value is -2.70. The van der Waals surface area contributed by atoms with E-state index in [1.807, 2.05) is 30.3 Å². The highest BCUT2D eigenvalue weighted by Gasteiger charge is 2.41. The molecule has 0 spiro atoms. The lowest BCUT2D eigenvalue weighted by atomic mass is 9.89. The van der Waals surface area contributed by atoms with E-state index in [4.69, 9.17) is 9.47 Å². The van der Waals surface area contributed by atoms with Gasteiger partial charge in [-0.25, -0.2) is 4.79 Å². The maximum Gasteiger partial charge on any atom is 0.416 e. The SMILES string of the molecule is O=C(OCc1ccccc1)N1CC[C@H]2C[C@@H]1c1ccc(C(F)(F)F)cc1O2. The molecule has 1 amide bonds. The molecule has 142 valence electrons. The number of piperidine rings is 1. The number of carbonyl (C=O) groups excluding carboxylic acids is 1. The molecule has 2 aliphatic heterocycles. The van der Waals surface area contributed by atoms with E-state index < -0.39 is 17.8 Å². The largest absolute Gasteiger partial charge is 0.490 e. The van der Waals surface area contributed by atoms with Crippen molar-refractivity contribution in [2.75, 3.05) is 6.54 Å². The molecule has 4 nitrogen and oxygen atoms in total. The van der Waals surface area contributed by atoms with Crippen molar-refractivity contribution >= 4 is 6.09 Å². The summed E-state index contributed by atoms with van der Waals surface area (Å²) in [5, 5.41) is 0.